The highest BCUT2D eigenvalue weighted by atomic mass is 79.9. The normalized spacial score (nSPS) is 16.6. The van der Waals surface area contributed by atoms with Crippen LogP contribution in [0, 0.1) is 11.7 Å². The van der Waals surface area contributed by atoms with E-state index in [1.165, 1.54) is 6.07 Å². The lowest BCUT2D eigenvalue weighted by molar-refractivity contribution is 0.0949. The molecular weight excluding hydrogens is 308 g/mol. The molecule has 1 N–H and O–H groups in total. The van der Waals surface area contributed by atoms with Gasteiger partial charge in [-0.05, 0) is 46.8 Å². The molecule has 2 rings (SSSR count). The number of halogens is 3. The third-order valence-electron chi connectivity index (χ3n) is 2.79. The minimum absolute atomic E-state index is 0.0408. The van der Waals surface area contributed by atoms with Crippen molar-refractivity contribution in [3.63, 3.8) is 0 Å². The van der Waals surface area contributed by atoms with Gasteiger partial charge in [0.25, 0.3) is 5.91 Å². The highest BCUT2D eigenvalue weighted by molar-refractivity contribution is 9.10. The molecule has 0 bridgehead atoms. The van der Waals surface area contributed by atoms with Crippen molar-refractivity contribution in [2.24, 2.45) is 5.92 Å². The van der Waals surface area contributed by atoms with Gasteiger partial charge < -0.3 is 5.32 Å². The standard InChI is InChI=1S/C12H12BrClFNO/c13-9-3-1-2-8(11(9)15)12(17)16-6-10(14)7-4-5-7/h1-3,7,10H,4-6H2,(H,16,17). The summed E-state index contributed by atoms with van der Waals surface area (Å²) in [4.78, 5) is 11.7. The molecule has 0 aromatic heterocycles. The van der Waals surface area contributed by atoms with E-state index in [0.29, 0.717) is 12.5 Å². The molecule has 1 aliphatic rings. The van der Waals surface area contributed by atoms with Gasteiger partial charge in [-0.2, -0.15) is 0 Å². The number of benzene rings is 1. The van der Waals surface area contributed by atoms with Crippen LogP contribution in [0.5, 0.6) is 0 Å². The SMILES string of the molecule is O=C(NCC(Cl)C1CC1)c1cccc(Br)c1F. The van der Waals surface area contributed by atoms with Crippen LogP contribution in [0.15, 0.2) is 22.7 Å². The van der Waals surface area contributed by atoms with E-state index < -0.39 is 11.7 Å². The second kappa shape index (κ2) is 5.36. The summed E-state index contributed by atoms with van der Waals surface area (Å²) in [5.41, 5.74) is 0.0408. The summed E-state index contributed by atoms with van der Waals surface area (Å²) in [5, 5.41) is 2.61. The molecule has 17 heavy (non-hydrogen) atoms. The fourth-order valence-corrected chi connectivity index (χ4v) is 2.28. The average molecular weight is 321 g/mol. The van der Waals surface area contributed by atoms with Gasteiger partial charge in [-0.15, -0.1) is 11.6 Å². The minimum atomic E-state index is -0.539. The molecule has 1 saturated carbocycles. The van der Waals surface area contributed by atoms with Crippen molar-refractivity contribution in [2.75, 3.05) is 6.54 Å². The quantitative estimate of drug-likeness (QED) is 0.847. The van der Waals surface area contributed by atoms with Crippen LogP contribution >= 0.6 is 27.5 Å². The second-order valence-electron chi connectivity index (χ2n) is 4.16. The van der Waals surface area contributed by atoms with Gasteiger partial charge >= 0.3 is 0 Å². The summed E-state index contributed by atoms with van der Waals surface area (Å²) >= 11 is 9.11. The van der Waals surface area contributed by atoms with Crippen molar-refractivity contribution < 1.29 is 9.18 Å². The third kappa shape index (κ3) is 3.19. The number of hydrogen-bond donors (Lipinski definition) is 1. The van der Waals surface area contributed by atoms with Crippen molar-refractivity contribution in [1.29, 1.82) is 0 Å². The molecule has 0 radical (unpaired) electrons. The lowest BCUT2D eigenvalue weighted by Gasteiger charge is -2.10. The third-order valence-corrected chi connectivity index (χ3v) is 3.91. The van der Waals surface area contributed by atoms with E-state index in [4.69, 9.17) is 11.6 Å². The van der Waals surface area contributed by atoms with Gasteiger partial charge in [-0.1, -0.05) is 6.07 Å². The molecule has 0 aliphatic heterocycles. The maximum absolute atomic E-state index is 13.6. The molecule has 1 aliphatic carbocycles. The highest BCUT2D eigenvalue weighted by Crippen LogP contribution is 2.35. The van der Waals surface area contributed by atoms with Crippen molar-refractivity contribution in [3.05, 3.63) is 34.1 Å². The van der Waals surface area contributed by atoms with E-state index in [-0.39, 0.29) is 15.4 Å². The van der Waals surface area contributed by atoms with E-state index in [1.807, 2.05) is 0 Å². The number of carbonyl (C=O) groups is 1. The monoisotopic (exact) mass is 319 g/mol. The van der Waals surface area contributed by atoms with E-state index in [2.05, 4.69) is 21.2 Å². The zero-order valence-corrected chi connectivity index (χ0v) is 11.4. The Morgan fingerprint density at radius 3 is 2.94 bits per heavy atom. The first-order chi connectivity index (χ1) is 8.09. The molecule has 92 valence electrons. The van der Waals surface area contributed by atoms with Crippen LogP contribution in [0.2, 0.25) is 0 Å². The maximum atomic E-state index is 13.6. The van der Waals surface area contributed by atoms with Gasteiger partial charge in [-0.25, -0.2) is 4.39 Å². The number of hydrogen-bond acceptors (Lipinski definition) is 1. The van der Waals surface area contributed by atoms with Gasteiger partial charge in [0.05, 0.1) is 15.4 Å². The van der Waals surface area contributed by atoms with E-state index in [0.717, 1.165) is 12.8 Å². The molecular formula is C12H12BrClFNO. The fraction of sp³-hybridized carbons (Fsp3) is 0.417. The molecule has 0 spiro atoms. The Labute approximate surface area is 113 Å². The van der Waals surface area contributed by atoms with Gasteiger partial charge in [0.15, 0.2) is 0 Å². The first-order valence-corrected chi connectivity index (χ1v) is 6.69. The van der Waals surface area contributed by atoms with E-state index in [9.17, 15) is 9.18 Å². The Bertz CT molecular complexity index is 437. The Balaban J connectivity index is 1.96. The van der Waals surface area contributed by atoms with Crippen molar-refractivity contribution >= 4 is 33.4 Å². The number of carbonyl (C=O) groups excluding carboxylic acids is 1. The Kier molecular flexibility index (Phi) is 4.05. The fourth-order valence-electron chi connectivity index (χ4n) is 1.59. The zero-order valence-electron chi connectivity index (χ0n) is 9.05. The number of nitrogens with one attached hydrogen (secondary N) is 1. The molecule has 1 aromatic carbocycles. The molecule has 5 heteroatoms. The van der Waals surface area contributed by atoms with Gasteiger partial charge in [-0.3, -0.25) is 4.79 Å². The maximum Gasteiger partial charge on any atom is 0.254 e. The van der Waals surface area contributed by atoms with Crippen LogP contribution in [-0.4, -0.2) is 17.8 Å². The predicted molar refractivity (Wildman–Crippen MR) is 68.8 cm³/mol. The van der Waals surface area contributed by atoms with Crippen molar-refractivity contribution in [3.8, 4) is 0 Å². The molecule has 1 unspecified atom stereocenters. The van der Waals surface area contributed by atoms with Crippen LogP contribution in [0.1, 0.15) is 23.2 Å². The summed E-state index contributed by atoms with van der Waals surface area (Å²) in [6, 6.07) is 4.64. The largest absolute Gasteiger partial charge is 0.350 e. The van der Waals surface area contributed by atoms with Crippen molar-refractivity contribution in [1.82, 2.24) is 5.32 Å². The van der Waals surface area contributed by atoms with Gasteiger partial charge in [0, 0.05) is 6.54 Å². The summed E-state index contributed by atoms with van der Waals surface area (Å²) in [6.45, 7) is 0.386. The Morgan fingerprint density at radius 2 is 2.29 bits per heavy atom. The zero-order chi connectivity index (χ0) is 12.4. The first-order valence-electron chi connectivity index (χ1n) is 5.46. The highest BCUT2D eigenvalue weighted by Gasteiger charge is 2.29. The first kappa shape index (κ1) is 12.8. The number of amides is 1. The smallest absolute Gasteiger partial charge is 0.254 e. The molecule has 0 heterocycles. The number of alkyl halides is 1. The van der Waals surface area contributed by atoms with E-state index in [1.54, 1.807) is 12.1 Å². The topological polar surface area (TPSA) is 29.1 Å². The summed E-state index contributed by atoms with van der Waals surface area (Å²) in [6.07, 6.45) is 2.24. The molecule has 1 amide bonds. The van der Waals surface area contributed by atoms with Gasteiger partial charge in [0.1, 0.15) is 5.82 Å². The summed E-state index contributed by atoms with van der Waals surface area (Å²) in [7, 11) is 0. The van der Waals surface area contributed by atoms with Crippen molar-refractivity contribution in [2.45, 2.75) is 18.2 Å². The van der Waals surface area contributed by atoms with Crippen LogP contribution in [0.3, 0.4) is 0 Å². The van der Waals surface area contributed by atoms with Crippen LogP contribution in [-0.2, 0) is 0 Å². The summed E-state index contributed by atoms with van der Waals surface area (Å²) < 4.78 is 13.9. The molecule has 1 atom stereocenters. The lowest BCUT2D eigenvalue weighted by Crippen LogP contribution is -2.31. The van der Waals surface area contributed by atoms with Crippen LogP contribution in [0.4, 0.5) is 4.39 Å². The number of rotatable bonds is 4. The molecule has 2 nitrogen and oxygen atoms in total. The Hall–Kier alpha value is -0.610. The Morgan fingerprint density at radius 1 is 1.59 bits per heavy atom. The lowest BCUT2D eigenvalue weighted by atomic mass is 10.2. The second-order valence-corrected chi connectivity index (χ2v) is 5.58. The molecule has 1 aromatic rings. The van der Waals surface area contributed by atoms with E-state index >= 15 is 0 Å². The van der Waals surface area contributed by atoms with Gasteiger partial charge in [0.2, 0.25) is 0 Å². The molecule has 1 fully saturated rings. The average Bonchev–Trinajstić information content (AvgIpc) is 3.13. The predicted octanol–water partition coefficient (Wildman–Crippen LogP) is 3.34. The minimum Gasteiger partial charge on any atom is -0.350 e. The van der Waals surface area contributed by atoms with Crippen LogP contribution < -0.4 is 5.32 Å². The molecule has 0 saturated heterocycles. The summed E-state index contributed by atoms with van der Waals surface area (Å²) in [5.74, 6) is -0.457. The van der Waals surface area contributed by atoms with Crippen LogP contribution in [0.25, 0.3) is 0 Å².